The van der Waals surface area contributed by atoms with Crippen LogP contribution in [0.15, 0.2) is 53.9 Å². The van der Waals surface area contributed by atoms with Crippen LogP contribution in [0.1, 0.15) is 12.1 Å². The number of imidazole rings is 1. The molecule has 0 aliphatic carbocycles. The van der Waals surface area contributed by atoms with E-state index in [4.69, 9.17) is 0 Å². The second-order valence-corrected chi connectivity index (χ2v) is 6.24. The molecular formula is C15H10F2N6OS. The average molecular weight is 360 g/mol. The summed E-state index contributed by atoms with van der Waals surface area (Å²) in [7, 11) is -1.14. The highest BCUT2D eigenvalue weighted by Gasteiger charge is 2.15. The highest BCUT2D eigenvalue weighted by atomic mass is 32.2. The SMILES string of the molecule is O=S1C=CN(c2cc(-c3cnc4ccc(C(F)F)nn34)ncn2)C=C1. The Morgan fingerprint density at radius 3 is 2.64 bits per heavy atom. The predicted octanol–water partition coefficient (Wildman–Crippen LogP) is 2.63. The van der Waals surface area contributed by atoms with E-state index < -0.39 is 17.2 Å². The van der Waals surface area contributed by atoms with Gasteiger partial charge in [0.2, 0.25) is 0 Å². The number of alkyl halides is 2. The molecule has 126 valence electrons. The lowest BCUT2D eigenvalue weighted by Crippen LogP contribution is -2.12. The van der Waals surface area contributed by atoms with Gasteiger partial charge in [-0.15, -0.1) is 0 Å². The molecule has 0 atom stereocenters. The summed E-state index contributed by atoms with van der Waals surface area (Å²) in [6.07, 6.45) is 3.45. The molecule has 0 bridgehead atoms. The second-order valence-electron chi connectivity index (χ2n) is 5.04. The summed E-state index contributed by atoms with van der Waals surface area (Å²) in [6.45, 7) is 0. The molecule has 0 saturated carbocycles. The molecule has 25 heavy (non-hydrogen) atoms. The molecule has 0 aromatic carbocycles. The third-order valence-corrected chi connectivity index (χ3v) is 4.28. The lowest BCUT2D eigenvalue weighted by molar-refractivity contribution is 0.144. The molecule has 10 heteroatoms. The van der Waals surface area contributed by atoms with Gasteiger partial charge in [0.25, 0.3) is 6.43 Å². The fourth-order valence-electron chi connectivity index (χ4n) is 2.31. The Hall–Kier alpha value is -3.01. The van der Waals surface area contributed by atoms with Crippen molar-refractivity contribution < 1.29 is 13.0 Å². The van der Waals surface area contributed by atoms with Crippen LogP contribution in [0.4, 0.5) is 14.6 Å². The topological polar surface area (TPSA) is 76.3 Å². The zero-order chi connectivity index (χ0) is 17.4. The van der Waals surface area contributed by atoms with E-state index in [0.29, 0.717) is 22.9 Å². The summed E-state index contributed by atoms with van der Waals surface area (Å²) in [5.41, 5.74) is 1.04. The Balaban J connectivity index is 1.78. The standard InChI is InChI=1S/C15H10F2N6OS/c16-15(17)10-1-2-13-18-8-12(23(13)21-10)11-7-14(20-9-19-11)22-3-5-25(24)6-4-22/h1-9,15H. The van der Waals surface area contributed by atoms with Gasteiger partial charge in [-0.2, -0.15) is 5.10 Å². The van der Waals surface area contributed by atoms with Gasteiger partial charge < -0.3 is 4.90 Å². The van der Waals surface area contributed by atoms with E-state index in [1.165, 1.54) is 40.0 Å². The van der Waals surface area contributed by atoms with E-state index in [-0.39, 0.29) is 5.69 Å². The van der Waals surface area contributed by atoms with Crippen LogP contribution in [0.2, 0.25) is 0 Å². The Kier molecular flexibility index (Phi) is 3.80. The molecule has 0 unspecified atom stereocenters. The van der Waals surface area contributed by atoms with E-state index in [0.717, 1.165) is 0 Å². The molecule has 0 saturated heterocycles. The quantitative estimate of drug-likeness (QED) is 0.715. The van der Waals surface area contributed by atoms with Crippen LogP contribution in [-0.4, -0.2) is 28.8 Å². The number of halogens is 2. The van der Waals surface area contributed by atoms with Crippen molar-refractivity contribution in [3.8, 4) is 11.4 Å². The summed E-state index contributed by atoms with van der Waals surface area (Å²) in [5, 5.41) is 6.97. The van der Waals surface area contributed by atoms with Crippen LogP contribution in [0.3, 0.4) is 0 Å². The second kappa shape index (κ2) is 6.13. The number of hydrogen-bond donors (Lipinski definition) is 0. The fourth-order valence-corrected chi connectivity index (χ4v) is 2.90. The van der Waals surface area contributed by atoms with Gasteiger partial charge in [-0.25, -0.2) is 28.2 Å². The van der Waals surface area contributed by atoms with Crippen molar-refractivity contribution in [2.24, 2.45) is 0 Å². The molecule has 4 heterocycles. The molecule has 3 aromatic heterocycles. The van der Waals surface area contributed by atoms with Crippen molar-refractivity contribution in [3.63, 3.8) is 0 Å². The molecule has 0 N–H and O–H groups in total. The Labute approximate surface area is 142 Å². The molecule has 7 nitrogen and oxygen atoms in total. The first-order valence-electron chi connectivity index (χ1n) is 7.11. The summed E-state index contributed by atoms with van der Waals surface area (Å²) in [5.74, 6) is 0.536. The lowest BCUT2D eigenvalue weighted by atomic mass is 10.3. The summed E-state index contributed by atoms with van der Waals surface area (Å²) in [6, 6.07) is 4.39. The van der Waals surface area contributed by atoms with Crippen LogP contribution in [-0.2, 0) is 10.8 Å². The Bertz CT molecular complexity index is 1020. The highest BCUT2D eigenvalue weighted by molar-refractivity contribution is 7.90. The van der Waals surface area contributed by atoms with Crippen molar-refractivity contribution in [2.45, 2.75) is 6.43 Å². The maximum Gasteiger partial charge on any atom is 0.282 e. The molecule has 0 radical (unpaired) electrons. The van der Waals surface area contributed by atoms with Gasteiger partial charge in [0, 0.05) is 29.3 Å². The number of rotatable bonds is 3. The number of anilines is 1. The van der Waals surface area contributed by atoms with E-state index in [1.807, 2.05) is 0 Å². The zero-order valence-electron chi connectivity index (χ0n) is 12.5. The Morgan fingerprint density at radius 2 is 1.88 bits per heavy atom. The Morgan fingerprint density at radius 1 is 1.08 bits per heavy atom. The molecule has 0 fully saturated rings. The summed E-state index contributed by atoms with van der Waals surface area (Å²) < 4.78 is 38.5. The largest absolute Gasteiger partial charge is 0.307 e. The highest BCUT2D eigenvalue weighted by Crippen LogP contribution is 2.24. The number of hydrogen-bond acceptors (Lipinski definition) is 6. The normalized spacial score (nSPS) is 14.8. The smallest absolute Gasteiger partial charge is 0.282 e. The third kappa shape index (κ3) is 2.91. The molecule has 0 spiro atoms. The van der Waals surface area contributed by atoms with Gasteiger partial charge in [0.05, 0.1) is 22.7 Å². The third-order valence-electron chi connectivity index (χ3n) is 3.50. The van der Waals surface area contributed by atoms with Crippen LogP contribution >= 0.6 is 0 Å². The van der Waals surface area contributed by atoms with Crippen molar-refractivity contribution in [3.05, 3.63) is 59.6 Å². The van der Waals surface area contributed by atoms with Crippen LogP contribution < -0.4 is 4.90 Å². The molecule has 1 aliphatic rings. The van der Waals surface area contributed by atoms with Crippen molar-refractivity contribution in [1.29, 1.82) is 0 Å². The van der Waals surface area contributed by atoms with Gasteiger partial charge in [0.1, 0.15) is 23.5 Å². The summed E-state index contributed by atoms with van der Waals surface area (Å²) in [4.78, 5) is 14.2. The lowest BCUT2D eigenvalue weighted by Gasteiger charge is -2.16. The van der Waals surface area contributed by atoms with E-state index in [1.54, 1.807) is 23.4 Å². The average Bonchev–Trinajstić information content (AvgIpc) is 3.05. The van der Waals surface area contributed by atoms with Gasteiger partial charge in [0.15, 0.2) is 5.65 Å². The van der Waals surface area contributed by atoms with E-state index >= 15 is 0 Å². The minimum absolute atomic E-state index is 0.342. The maximum atomic E-state index is 12.9. The van der Waals surface area contributed by atoms with Crippen molar-refractivity contribution in [2.75, 3.05) is 4.90 Å². The molecule has 3 aromatic rings. The predicted molar refractivity (Wildman–Crippen MR) is 87.9 cm³/mol. The van der Waals surface area contributed by atoms with Crippen molar-refractivity contribution in [1.82, 2.24) is 24.6 Å². The number of fused-ring (bicyclic) bond motifs is 1. The first-order chi connectivity index (χ1) is 12.1. The van der Waals surface area contributed by atoms with Gasteiger partial charge in [-0.3, -0.25) is 4.21 Å². The monoisotopic (exact) mass is 360 g/mol. The number of aromatic nitrogens is 5. The minimum atomic E-state index is -2.68. The molecule has 0 amide bonds. The molecule has 4 rings (SSSR count). The zero-order valence-corrected chi connectivity index (χ0v) is 13.3. The van der Waals surface area contributed by atoms with Crippen LogP contribution in [0.25, 0.3) is 17.0 Å². The maximum absolute atomic E-state index is 12.9. The van der Waals surface area contributed by atoms with Gasteiger partial charge in [-0.05, 0) is 12.1 Å². The first kappa shape index (κ1) is 15.5. The number of nitrogens with zero attached hydrogens (tertiary/aromatic N) is 6. The summed E-state index contributed by atoms with van der Waals surface area (Å²) >= 11 is 0. The van der Waals surface area contributed by atoms with E-state index in [9.17, 15) is 13.0 Å². The van der Waals surface area contributed by atoms with Gasteiger partial charge in [-0.1, -0.05) is 0 Å². The molecule has 1 aliphatic heterocycles. The van der Waals surface area contributed by atoms with Gasteiger partial charge >= 0.3 is 0 Å². The van der Waals surface area contributed by atoms with Crippen LogP contribution in [0, 0.1) is 0 Å². The van der Waals surface area contributed by atoms with E-state index in [2.05, 4.69) is 20.1 Å². The fraction of sp³-hybridized carbons (Fsp3) is 0.0667. The molecular weight excluding hydrogens is 350 g/mol. The van der Waals surface area contributed by atoms with Crippen LogP contribution in [0.5, 0.6) is 0 Å². The van der Waals surface area contributed by atoms with Crippen molar-refractivity contribution >= 4 is 22.3 Å². The first-order valence-corrected chi connectivity index (χ1v) is 8.39. The minimum Gasteiger partial charge on any atom is -0.307 e.